The highest BCUT2D eigenvalue weighted by Gasteiger charge is 2.19. The molecule has 2 aromatic carbocycles. The van der Waals surface area contributed by atoms with Crippen LogP contribution in [-0.4, -0.2) is 34.5 Å². The second-order valence-corrected chi connectivity index (χ2v) is 6.13. The van der Waals surface area contributed by atoms with Crippen molar-refractivity contribution in [2.24, 2.45) is 0 Å². The third-order valence-electron chi connectivity index (χ3n) is 4.62. The number of carbonyl (C=O) groups is 1. The number of methoxy groups -OCH3 is 1. The Hall–Kier alpha value is -3.15. The van der Waals surface area contributed by atoms with Crippen LogP contribution in [0.25, 0.3) is 11.0 Å². The largest absolute Gasteiger partial charge is 0.497 e. The molecule has 6 heteroatoms. The number of nitrogens with zero attached hydrogens (tertiary/aromatic N) is 3. The maximum Gasteiger partial charge on any atom is 0.269 e. The Bertz CT molecular complexity index is 980. The normalized spacial score (nSPS) is 12.0. The maximum absolute atomic E-state index is 12.8. The summed E-state index contributed by atoms with van der Waals surface area (Å²) in [6.45, 7) is 1.92. The topological polar surface area (TPSA) is 64.4 Å². The number of likely N-dealkylation sites (N-methyl/N-ethyl adjacent to an activating group) is 1. The van der Waals surface area contributed by atoms with E-state index >= 15 is 0 Å². The van der Waals surface area contributed by atoms with Gasteiger partial charge in [0, 0.05) is 7.05 Å². The lowest BCUT2D eigenvalue weighted by atomic mass is 10.1. The first kappa shape index (κ1) is 17.7. The second-order valence-electron chi connectivity index (χ2n) is 6.13. The molecule has 1 unspecified atom stereocenters. The van der Waals surface area contributed by atoms with Crippen LogP contribution in [0.1, 0.15) is 18.5 Å². The summed E-state index contributed by atoms with van der Waals surface area (Å²) in [6.07, 6.45) is 1.25. The standard InChI is InChI=1S/C20H21N3O3/c1-14(15-8-10-16(26-3)11-9-15)22(2)20(25)13-23-18-7-5-4-6-17(18)21-12-19(23)24/h4-12,14H,13H2,1-3H3. The molecule has 0 radical (unpaired) electrons. The quantitative estimate of drug-likeness (QED) is 0.709. The van der Waals surface area contributed by atoms with Gasteiger partial charge in [0.05, 0.1) is 30.4 Å². The predicted octanol–water partition coefficient (Wildman–Crippen LogP) is 2.62. The molecule has 26 heavy (non-hydrogen) atoms. The van der Waals surface area contributed by atoms with Gasteiger partial charge in [-0.15, -0.1) is 0 Å². The molecule has 3 rings (SSSR count). The number of hydrogen-bond acceptors (Lipinski definition) is 4. The lowest BCUT2D eigenvalue weighted by molar-refractivity contribution is -0.132. The fraction of sp³-hybridized carbons (Fsp3) is 0.250. The number of aromatic nitrogens is 2. The highest BCUT2D eigenvalue weighted by Crippen LogP contribution is 2.22. The number of para-hydroxylation sites is 2. The molecule has 0 aliphatic heterocycles. The molecule has 0 saturated carbocycles. The van der Waals surface area contributed by atoms with E-state index in [2.05, 4.69) is 4.98 Å². The van der Waals surface area contributed by atoms with E-state index in [9.17, 15) is 9.59 Å². The first-order valence-corrected chi connectivity index (χ1v) is 8.35. The minimum absolute atomic E-state index is 0.0289. The molecule has 134 valence electrons. The van der Waals surface area contributed by atoms with Crippen LogP contribution >= 0.6 is 0 Å². The summed E-state index contributed by atoms with van der Waals surface area (Å²) < 4.78 is 6.63. The van der Waals surface area contributed by atoms with Crippen LogP contribution in [0.5, 0.6) is 5.75 Å². The summed E-state index contributed by atoms with van der Waals surface area (Å²) in [7, 11) is 3.36. The van der Waals surface area contributed by atoms with E-state index in [1.807, 2.05) is 49.4 Å². The zero-order valence-corrected chi connectivity index (χ0v) is 15.0. The number of carbonyl (C=O) groups excluding carboxylic acids is 1. The number of rotatable bonds is 5. The average Bonchev–Trinajstić information content (AvgIpc) is 2.69. The van der Waals surface area contributed by atoms with Gasteiger partial charge in [-0.25, -0.2) is 4.98 Å². The molecular formula is C20H21N3O3. The minimum Gasteiger partial charge on any atom is -0.497 e. The van der Waals surface area contributed by atoms with Crippen LogP contribution in [0, 0.1) is 0 Å². The van der Waals surface area contributed by atoms with E-state index < -0.39 is 0 Å². The number of ether oxygens (including phenoxy) is 1. The highest BCUT2D eigenvalue weighted by atomic mass is 16.5. The van der Waals surface area contributed by atoms with E-state index in [0.717, 1.165) is 11.3 Å². The molecule has 0 aliphatic rings. The zero-order chi connectivity index (χ0) is 18.7. The van der Waals surface area contributed by atoms with Crippen molar-refractivity contribution in [3.05, 3.63) is 70.6 Å². The van der Waals surface area contributed by atoms with Crippen molar-refractivity contribution in [2.75, 3.05) is 14.2 Å². The fourth-order valence-corrected chi connectivity index (χ4v) is 2.85. The van der Waals surface area contributed by atoms with Crippen LogP contribution in [-0.2, 0) is 11.3 Å². The van der Waals surface area contributed by atoms with Gasteiger partial charge >= 0.3 is 0 Å². The van der Waals surface area contributed by atoms with Gasteiger partial charge in [0.15, 0.2) is 0 Å². The zero-order valence-electron chi connectivity index (χ0n) is 15.0. The number of fused-ring (bicyclic) bond motifs is 1. The van der Waals surface area contributed by atoms with Crippen molar-refractivity contribution in [1.82, 2.24) is 14.5 Å². The molecule has 0 fully saturated rings. The first-order chi connectivity index (χ1) is 12.5. The van der Waals surface area contributed by atoms with Gasteiger partial charge in [0.2, 0.25) is 5.91 Å². The Morgan fingerprint density at radius 1 is 1.19 bits per heavy atom. The molecule has 0 aliphatic carbocycles. The van der Waals surface area contributed by atoms with Crippen molar-refractivity contribution in [2.45, 2.75) is 19.5 Å². The van der Waals surface area contributed by atoms with E-state index in [1.54, 1.807) is 25.1 Å². The maximum atomic E-state index is 12.8. The molecular weight excluding hydrogens is 330 g/mol. The van der Waals surface area contributed by atoms with Gasteiger partial charge in [-0.3, -0.25) is 14.2 Å². The lowest BCUT2D eigenvalue weighted by Crippen LogP contribution is -2.35. The molecule has 3 aromatic rings. The minimum atomic E-state index is -0.289. The van der Waals surface area contributed by atoms with Gasteiger partial charge < -0.3 is 9.64 Å². The SMILES string of the molecule is COc1ccc(C(C)N(C)C(=O)Cn2c(=O)cnc3ccccc32)cc1. The molecule has 6 nitrogen and oxygen atoms in total. The smallest absolute Gasteiger partial charge is 0.269 e. The van der Waals surface area contributed by atoms with Crippen molar-refractivity contribution in [3.63, 3.8) is 0 Å². The third kappa shape index (κ3) is 3.44. The van der Waals surface area contributed by atoms with Crippen LogP contribution < -0.4 is 10.3 Å². The summed E-state index contributed by atoms with van der Waals surface area (Å²) in [6, 6.07) is 14.8. The average molecular weight is 351 g/mol. The molecule has 0 N–H and O–H groups in total. The molecule has 0 saturated heterocycles. The van der Waals surface area contributed by atoms with E-state index in [0.29, 0.717) is 11.0 Å². The molecule has 0 bridgehead atoms. The Balaban J connectivity index is 1.83. The van der Waals surface area contributed by atoms with Crippen LogP contribution in [0.3, 0.4) is 0 Å². The summed E-state index contributed by atoms with van der Waals surface area (Å²) in [5.41, 5.74) is 2.04. The third-order valence-corrected chi connectivity index (χ3v) is 4.62. The second kappa shape index (κ2) is 7.39. The molecule has 1 amide bonds. The Morgan fingerprint density at radius 3 is 2.58 bits per heavy atom. The predicted molar refractivity (Wildman–Crippen MR) is 100 cm³/mol. The van der Waals surface area contributed by atoms with Crippen molar-refractivity contribution < 1.29 is 9.53 Å². The Morgan fingerprint density at radius 2 is 1.88 bits per heavy atom. The van der Waals surface area contributed by atoms with Gasteiger partial charge in [0.25, 0.3) is 5.56 Å². The monoisotopic (exact) mass is 351 g/mol. The van der Waals surface area contributed by atoms with Gasteiger partial charge in [0.1, 0.15) is 12.3 Å². The lowest BCUT2D eigenvalue weighted by Gasteiger charge is -2.26. The van der Waals surface area contributed by atoms with Crippen LogP contribution in [0.4, 0.5) is 0 Å². The van der Waals surface area contributed by atoms with Crippen molar-refractivity contribution in [1.29, 1.82) is 0 Å². The highest BCUT2D eigenvalue weighted by molar-refractivity contribution is 5.80. The van der Waals surface area contributed by atoms with Gasteiger partial charge in [-0.2, -0.15) is 0 Å². The summed E-state index contributed by atoms with van der Waals surface area (Å²) in [5, 5.41) is 0. The molecule has 1 aromatic heterocycles. The number of benzene rings is 2. The Labute approximate surface area is 151 Å². The molecule has 1 atom stereocenters. The number of hydrogen-bond donors (Lipinski definition) is 0. The molecule has 1 heterocycles. The Kier molecular flexibility index (Phi) is 5.02. The van der Waals surface area contributed by atoms with Crippen LogP contribution in [0.15, 0.2) is 59.5 Å². The van der Waals surface area contributed by atoms with E-state index in [1.165, 1.54) is 10.8 Å². The van der Waals surface area contributed by atoms with Gasteiger partial charge in [-0.05, 0) is 36.8 Å². The van der Waals surface area contributed by atoms with Crippen molar-refractivity contribution in [3.8, 4) is 5.75 Å². The fourth-order valence-electron chi connectivity index (χ4n) is 2.85. The van der Waals surface area contributed by atoms with Gasteiger partial charge in [-0.1, -0.05) is 24.3 Å². The summed E-state index contributed by atoms with van der Waals surface area (Å²) in [5.74, 6) is 0.622. The summed E-state index contributed by atoms with van der Waals surface area (Å²) in [4.78, 5) is 30.7. The molecule has 0 spiro atoms. The van der Waals surface area contributed by atoms with Crippen LogP contribution in [0.2, 0.25) is 0 Å². The first-order valence-electron chi connectivity index (χ1n) is 8.35. The van der Waals surface area contributed by atoms with E-state index in [-0.39, 0.29) is 24.1 Å². The number of amides is 1. The summed E-state index contributed by atoms with van der Waals surface area (Å²) >= 11 is 0. The van der Waals surface area contributed by atoms with E-state index in [4.69, 9.17) is 4.74 Å². The van der Waals surface area contributed by atoms with Crippen molar-refractivity contribution >= 4 is 16.9 Å².